The maximum atomic E-state index is 10.6. The van der Waals surface area contributed by atoms with Gasteiger partial charge in [-0.05, 0) is 41.5 Å². The van der Waals surface area contributed by atoms with Gasteiger partial charge in [-0.2, -0.15) is 0 Å². The van der Waals surface area contributed by atoms with E-state index in [0.717, 1.165) is 25.0 Å². The predicted molar refractivity (Wildman–Crippen MR) is 101 cm³/mol. The Kier molecular flexibility index (Phi) is 4.48. The molecule has 2 unspecified atom stereocenters. The van der Waals surface area contributed by atoms with Gasteiger partial charge in [0.05, 0.1) is 11.8 Å². The van der Waals surface area contributed by atoms with Gasteiger partial charge in [-0.1, -0.05) is 54.5 Å². The SMILES string of the molecule is CCC(=NOC)[C@@H]1[C@@H]2NC(CC2O)C[C@H]1c1ccc2ccccc2c1. The highest BCUT2D eigenvalue weighted by atomic mass is 16.6. The third-order valence-electron chi connectivity index (χ3n) is 5.88. The van der Waals surface area contributed by atoms with Crippen LogP contribution in [0.4, 0.5) is 0 Å². The zero-order valence-electron chi connectivity index (χ0n) is 14.9. The van der Waals surface area contributed by atoms with Crippen LogP contribution in [0.5, 0.6) is 0 Å². The van der Waals surface area contributed by atoms with Crippen LogP contribution in [0.1, 0.15) is 37.7 Å². The summed E-state index contributed by atoms with van der Waals surface area (Å²) in [5.41, 5.74) is 2.38. The molecule has 2 N–H and O–H groups in total. The number of oxime groups is 1. The van der Waals surface area contributed by atoms with Crippen LogP contribution < -0.4 is 5.32 Å². The van der Waals surface area contributed by atoms with Crippen LogP contribution in [-0.4, -0.2) is 36.1 Å². The van der Waals surface area contributed by atoms with Crippen LogP contribution in [0.15, 0.2) is 47.6 Å². The molecule has 0 radical (unpaired) electrons. The first-order chi connectivity index (χ1) is 12.2. The number of nitrogens with zero attached hydrogens (tertiary/aromatic N) is 1. The van der Waals surface area contributed by atoms with Gasteiger partial charge >= 0.3 is 0 Å². The van der Waals surface area contributed by atoms with Crippen LogP contribution in [0.2, 0.25) is 0 Å². The fourth-order valence-electron chi connectivity index (χ4n) is 4.80. The van der Waals surface area contributed by atoms with Crippen molar-refractivity contribution < 1.29 is 9.94 Å². The van der Waals surface area contributed by atoms with Gasteiger partial charge in [0.15, 0.2) is 0 Å². The number of aliphatic hydroxyl groups is 1. The molecule has 0 aromatic heterocycles. The summed E-state index contributed by atoms with van der Waals surface area (Å²) in [5, 5.41) is 21.0. The molecule has 132 valence electrons. The van der Waals surface area contributed by atoms with E-state index in [4.69, 9.17) is 4.84 Å². The highest BCUT2D eigenvalue weighted by Crippen LogP contribution is 2.43. The van der Waals surface area contributed by atoms with Crippen molar-refractivity contribution in [1.29, 1.82) is 0 Å². The molecule has 4 nitrogen and oxygen atoms in total. The number of hydrogen-bond acceptors (Lipinski definition) is 4. The topological polar surface area (TPSA) is 53.8 Å². The van der Waals surface area contributed by atoms with Crippen molar-refractivity contribution in [3.8, 4) is 0 Å². The molecule has 25 heavy (non-hydrogen) atoms. The van der Waals surface area contributed by atoms with Crippen molar-refractivity contribution in [1.82, 2.24) is 5.32 Å². The van der Waals surface area contributed by atoms with Crippen molar-refractivity contribution >= 4 is 16.5 Å². The summed E-state index contributed by atoms with van der Waals surface area (Å²) in [6, 6.07) is 15.7. The zero-order chi connectivity index (χ0) is 17.4. The van der Waals surface area contributed by atoms with Gasteiger partial charge in [-0.15, -0.1) is 0 Å². The summed E-state index contributed by atoms with van der Waals surface area (Å²) in [4.78, 5) is 5.12. The maximum Gasteiger partial charge on any atom is 0.106 e. The lowest BCUT2D eigenvalue weighted by molar-refractivity contribution is 0.136. The number of rotatable bonds is 4. The monoisotopic (exact) mass is 338 g/mol. The fraction of sp³-hybridized carbons (Fsp3) is 0.476. The van der Waals surface area contributed by atoms with Gasteiger partial charge in [-0.25, -0.2) is 0 Å². The standard InChI is InChI=1S/C21H26N2O2/c1-3-18(23-25-2)20-17(11-16-12-19(24)21(20)22-16)15-9-8-13-6-4-5-7-14(13)10-15/h4-10,16-17,19-22,24H,3,11-12H2,1-2H3/t16?,17-,19?,20+,21+/m0/s1. The summed E-state index contributed by atoms with van der Waals surface area (Å²) in [7, 11) is 1.60. The van der Waals surface area contributed by atoms with E-state index in [-0.39, 0.29) is 18.1 Å². The van der Waals surface area contributed by atoms with Crippen LogP contribution in [0, 0.1) is 5.92 Å². The summed E-state index contributed by atoms with van der Waals surface area (Å²) >= 11 is 0. The Balaban J connectivity index is 1.77. The molecule has 2 aliphatic heterocycles. The summed E-state index contributed by atoms with van der Waals surface area (Å²) < 4.78 is 0. The van der Waals surface area contributed by atoms with E-state index in [2.05, 4.69) is 59.9 Å². The van der Waals surface area contributed by atoms with E-state index in [1.54, 1.807) is 7.11 Å². The van der Waals surface area contributed by atoms with Crippen LogP contribution in [0.25, 0.3) is 10.8 Å². The van der Waals surface area contributed by atoms with Crippen molar-refractivity contribution in [2.24, 2.45) is 11.1 Å². The van der Waals surface area contributed by atoms with Crippen LogP contribution in [0.3, 0.4) is 0 Å². The Labute approximate surface area is 148 Å². The number of nitrogens with one attached hydrogen (secondary N) is 1. The van der Waals surface area contributed by atoms with Gasteiger partial charge in [0.25, 0.3) is 0 Å². The van der Waals surface area contributed by atoms with Gasteiger partial charge < -0.3 is 15.3 Å². The minimum Gasteiger partial charge on any atom is -0.399 e. The average molecular weight is 338 g/mol. The smallest absolute Gasteiger partial charge is 0.106 e. The van der Waals surface area contributed by atoms with E-state index in [1.165, 1.54) is 16.3 Å². The zero-order valence-corrected chi connectivity index (χ0v) is 14.9. The molecule has 2 saturated heterocycles. The molecule has 0 aliphatic carbocycles. The van der Waals surface area contributed by atoms with E-state index < -0.39 is 0 Å². The Morgan fingerprint density at radius 3 is 2.76 bits per heavy atom. The predicted octanol–water partition coefficient (Wildman–Crippen LogP) is 3.45. The first-order valence-corrected chi connectivity index (χ1v) is 9.24. The maximum absolute atomic E-state index is 10.6. The molecule has 2 aromatic carbocycles. The van der Waals surface area contributed by atoms with Crippen molar-refractivity contribution in [3.05, 3.63) is 48.0 Å². The Morgan fingerprint density at radius 1 is 1.20 bits per heavy atom. The molecule has 0 saturated carbocycles. The average Bonchev–Trinajstić information content (AvgIpc) is 2.94. The van der Waals surface area contributed by atoms with Gasteiger partial charge in [0.2, 0.25) is 0 Å². The fourth-order valence-corrected chi connectivity index (χ4v) is 4.80. The molecular formula is C21H26N2O2. The third kappa shape index (κ3) is 2.94. The van der Waals surface area contributed by atoms with Crippen LogP contribution >= 0.6 is 0 Å². The first-order valence-electron chi connectivity index (χ1n) is 9.24. The van der Waals surface area contributed by atoms with Gasteiger partial charge in [0.1, 0.15) is 7.11 Å². The molecule has 0 amide bonds. The Bertz CT molecular complexity index is 788. The quantitative estimate of drug-likeness (QED) is 0.663. The van der Waals surface area contributed by atoms with E-state index in [9.17, 15) is 5.11 Å². The van der Waals surface area contributed by atoms with Gasteiger partial charge in [-0.3, -0.25) is 0 Å². The minimum absolute atomic E-state index is 0.0593. The number of fused-ring (bicyclic) bond motifs is 3. The Morgan fingerprint density at radius 2 is 2.00 bits per heavy atom. The molecule has 4 heteroatoms. The molecule has 2 bridgehead atoms. The van der Waals surface area contributed by atoms with E-state index >= 15 is 0 Å². The highest BCUT2D eigenvalue weighted by molar-refractivity contribution is 5.89. The molecule has 2 aliphatic rings. The summed E-state index contributed by atoms with van der Waals surface area (Å²) in [6.07, 6.45) is 2.38. The van der Waals surface area contributed by atoms with Crippen molar-refractivity contribution in [3.63, 3.8) is 0 Å². The molecule has 2 fully saturated rings. The largest absolute Gasteiger partial charge is 0.399 e. The second-order valence-electron chi connectivity index (χ2n) is 7.29. The number of hydrogen-bond donors (Lipinski definition) is 2. The van der Waals surface area contributed by atoms with Crippen LogP contribution in [-0.2, 0) is 4.84 Å². The van der Waals surface area contributed by atoms with E-state index in [0.29, 0.717) is 12.0 Å². The molecule has 2 aromatic rings. The summed E-state index contributed by atoms with van der Waals surface area (Å²) in [6.45, 7) is 2.11. The highest BCUT2D eigenvalue weighted by Gasteiger charge is 2.48. The first kappa shape index (κ1) is 16.6. The van der Waals surface area contributed by atoms with E-state index in [1.807, 2.05) is 0 Å². The molecule has 4 rings (SSSR count). The normalized spacial score (nSPS) is 32.1. The van der Waals surface area contributed by atoms with Gasteiger partial charge in [0, 0.05) is 18.0 Å². The molecule has 0 spiro atoms. The number of benzene rings is 2. The second kappa shape index (κ2) is 6.77. The molecule has 2 heterocycles. The Hall–Kier alpha value is -1.91. The molecule has 5 atom stereocenters. The lowest BCUT2D eigenvalue weighted by Gasteiger charge is -2.39. The minimum atomic E-state index is -0.311. The number of piperidine rings is 1. The third-order valence-corrected chi connectivity index (χ3v) is 5.88. The lowest BCUT2D eigenvalue weighted by Crippen LogP contribution is -2.50. The second-order valence-corrected chi connectivity index (χ2v) is 7.29. The number of aliphatic hydroxyl groups excluding tert-OH is 1. The lowest BCUT2D eigenvalue weighted by atomic mass is 9.73. The molecular weight excluding hydrogens is 312 g/mol. The van der Waals surface area contributed by atoms with Crippen molar-refractivity contribution in [2.75, 3.05) is 7.11 Å². The summed E-state index contributed by atoms with van der Waals surface area (Å²) in [5.74, 6) is 0.520. The van der Waals surface area contributed by atoms with Crippen molar-refractivity contribution in [2.45, 2.75) is 50.3 Å².